The zero-order valence-electron chi connectivity index (χ0n) is 13.2. The van der Waals surface area contributed by atoms with Crippen LogP contribution in [0.2, 0.25) is 5.02 Å². The highest BCUT2D eigenvalue weighted by Gasteiger charge is 2.14. The molecule has 3 aromatic rings. The lowest BCUT2D eigenvalue weighted by Crippen LogP contribution is -2.02. The number of nitrogens with one attached hydrogen (secondary N) is 1. The molecule has 0 aliphatic carbocycles. The maximum Gasteiger partial charge on any atom is 0.209 e. The van der Waals surface area contributed by atoms with E-state index in [9.17, 15) is 9.90 Å². The Hall–Kier alpha value is -2.51. The summed E-state index contributed by atoms with van der Waals surface area (Å²) in [6.45, 7) is 0. The van der Waals surface area contributed by atoms with Crippen molar-refractivity contribution in [3.05, 3.63) is 53.1 Å². The van der Waals surface area contributed by atoms with Crippen molar-refractivity contribution in [2.24, 2.45) is 0 Å². The number of hydrogen-bond acceptors (Lipinski definition) is 6. The van der Waals surface area contributed by atoms with Gasteiger partial charge < -0.3 is 9.84 Å². The van der Waals surface area contributed by atoms with Crippen LogP contribution in [0.3, 0.4) is 0 Å². The van der Waals surface area contributed by atoms with Gasteiger partial charge in [0.15, 0.2) is 11.6 Å². The number of aromatic nitrogens is 3. The molecule has 0 spiro atoms. The molecule has 0 atom stereocenters. The minimum absolute atomic E-state index is 0.0725. The van der Waals surface area contributed by atoms with E-state index >= 15 is 0 Å². The molecule has 25 heavy (non-hydrogen) atoms. The Balaban J connectivity index is 1.71. The number of halogens is 1. The van der Waals surface area contributed by atoms with Crippen molar-refractivity contribution < 1.29 is 14.6 Å². The first-order valence-corrected chi connectivity index (χ1v) is 8.64. The lowest BCUT2D eigenvalue weighted by atomic mass is 10.1. The summed E-state index contributed by atoms with van der Waals surface area (Å²) in [7, 11) is 1.56. The number of Topliss-reactive ketones (excluding diaryl/α,β-unsaturated/α-hetero) is 1. The van der Waals surface area contributed by atoms with E-state index in [2.05, 4.69) is 15.2 Å². The van der Waals surface area contributed by atoms with E-state index in [1.54, 1.807) is 37.4 Å². The summed E-state index contributed by atoms with van der Waals surface area (Å²) >= 11 is 7.25. The van der Waals surface area contributed by atoms with Gasteiger partial charge in [0, 0.05) is 10.6 Å². The molecule has 6 nitrogen and oxygen atoms in total. The number of methoxy groups -OCH3 is 1. The van der Waals surface area contributed by atoms with Crippen LogP contribution in [0.4, 0.5) is 0 Å². The second kappa shape index (κ2) is 7.58. The molecule has 0 aliphatic heterocycles. The van der Waals surface area contributed by atoms with Gasteiger partial charge in [-0.1, -0.05) is 23.4 Å². The average Bonchev–Trinajstić information content (AvgIpc) is 3.09. The van der Waals surface area contributed by atoms with Crippen LogP contribution in [0.15, 0.2) is 47.6 Å². The number of phenols is 1. The molecule has 0 bridgehead atoms. The maximum absolute atomic E-state index is 12.1. The van der Waals surface area contributed by atoms with Gasteiger partial charge in [-0.05, 0) is 42.5 Å². The summed E-state index contributed by atoms with van der Waals surface area (Å²) in [5, 5.41) is 17.2. The molecule has 0 saturated carbocycles. The summed E-state index contributed by atoms with van der Waals surface area (Å²) in [6, 6.07) is 11.3. The summed E-state index contributed by atoms with van der Waals surface area (Å²) in [6.07, 6.45) is 0. The summed E-state index contributed by atoms with van der Waals surface area (Å²) < 4.78 is 5.30. The zero-order chi connectivity index (χ0) is 17.8. The molecular formula is C17H14ClN3O3S. The van der Waals surface area contributed by atoms with Crippen molar-refractivity contribution in [1.29, 1.82) is 0 Å². The van der Waals surface area contributed by atoms with Gasteiger partial charge >= 0.3 is 0 Å². The second-order valence-electron chi connectivity index (χ2n) is 5.07. The van der Waals surface area contributed by atoms with Crippen molar-refractivity contribution in [1.82, 2.24) is 15.2 Å². The molecule has 0 saturated heterocycles. The molecule has 0 unspecified atom stereocenters. The number of carbonyl (C=O) groups excluding carboxylic acids is 1. The maximum atomic E-state index is 12.1. The predicted octanol–water partition coefficient (Wildman–Crippen LogP) is 3.81. The van der Waals surface area contributed by atoms with E-state index in [0.717, 1.165) is 0 Å². The van der Waals surface area contributed by atoms with Gasteiger partial charge in [0.05, 0.1) is 18.4 Å². The monoisotopic (exact) mass is 375 g/mol. The van der Waals surface area contributed by atoms with Crippen molar-refractivity contribution >= 4 is 29.1 Å². The number of aromatic hydroxyl groups is 1. The van der Waals surface area contributed by atoms with Gasteiger partial charge in [0.25, 0.3) is 0 Å². The first kappa shape index (κ1) is 17.3. The molecule has 1 aromatic heterocycles. The average molecular weight is 376 g/mol. The third-order valence-corrected chi connectivity index (χ3v) is 4.49. The SMILES string of the molecule is COc1ccc(Cl)cc1-c1nc(SCC(=O)c2ccc(O)cc2)n[nH]1. The van der Waals surface area contributed by atoms with E-state index in [1.165, 1.54) is 23.9 Å². The molecule has 1 heterocycles. The summed E-state index contributed by atoms with van der Waals surface area (Å²) in [5.41, 5.74) is 1.22. The number of thioether (sulfide) groups is 1. The second-order valence-corrected chi connectivity index (χ2v) is 6.45. The highest BCUT2D eigenvalue weighted by molar-refractivity contribution is 7.99. The fourth-order valence-electron chi connectivity index (χ4n) is 2.16. The first-order chi connectivity index (χ1) is 12.1. The predicted molar refractivity (Wildman–Crippen MR) is 96.5 cm³/mol. The summed E-state index contributed by atoms with van der Waals surface area (Å²) in [4.78, 5) is 16.5. The Morgan fingerprint density at radius 2 is 2.04 bits per heavy atom. The van der Waals surface area contributed by atoms with Crippen LogP contribution in [0.25, 0.3) is 11.4 Å². The molecule has 0 amide bonds. The Morgan fingerprint density at radius 1 is 1.28 bits per heavy atom. The molecular weight excluding hydrogens is 362 g/mol. The smallest absolute Gasteiger partial charge is 0.209 e. The van der Waals surface area contributed by atoms with Gasteiger partial charge in [-0.25, -0.2) is 4.98 Å². The molecule has 2 N–H and O–H groups in total. The normalized spacial score (nSPS) is 10.6. The lowest BCUT2D eigenvalue weighted by molar-refractivity contribution is 0.102. The fourth-order valence-corrected chi connectivity index (χ4v) is 3.02. The van der Waals surface area contributed by atoms with Gasteiger partial charge in [-0.3, -0.25) is 9.89 Å². The van der Waals surface area contributed by atoms with E-state index in [4.69, 9.17) is 16.3 Å². The third kappa shape index (κ3) is 4.12. The number of phenolic OH excluding ortho intramolecular Hbond substituents is 1. The number of ether oxygens (including phenoxy) is 1. The Labute approximate surface area is 153 Å². The largest absolute Gasteiger partial charge is 0.508 e. The van der Waals surface area contributed by atoms with E-state index in [-0.39, 0.29) is 17.3 Å². The van der Waals surface area contributed by atoms with Crippen LogP contribution < -0.4 is 4.74 Å². The number of nitrogens with zero attached hydrogens (tertiary/aromatic N) is 2. The first-order valence-electron chi connectivity index (χ1n) is 7.28. The van der Waals surface area contributed by atoms with E-state index < -0.39 is 0 Å². The Morgan fingerprint density at radius 3 is 2.76 bits per heavy atom. The number of H-pyrrole nitrogens is 1. The van der Waals surface area contributed by atoms with Crippen LogP contribution in [-0.4, -0.2) is 38.9 Å². The van der Waals surface area contributed by atoms with Crippen LogP contribution >= 0.6 is 23.4 Å². The topological polar surface area (TPSA) is 88.1 Å². The molecule has 0 aliphatic rings. The molecule has 128 valence electrons. The molecule has 3 rings (SSSR count). The van der Waals surface area contributed by atoms with Crippen molar-refractivity contribution in [3.8, 4) is 22.9 Å². The minimum atomic E-state index is -0.0725. The molecule has 2 aromatic carbocycles. The zero-order valence-corrected chi connectivity index (χ0v) is 14.8. The fraction of sp³-hybridized carbons (Fsp3) is 0.118. The number of ketones is 1. The Bertz CT molecular complexity index is 896. The standard InChI is InChI=1S/C17H14ClN3O3S/c1-24-15-7-4-11(18)8-13(15)16-19-17(21-20-16)25-9-14(23)10-2-5-12(22)6-3-10/h2-8,22H,9H2,1H3,(H,19,20,21). The van der Waals surface area contributed by atoms with Crippen LogP contribution in [0, 0.1) is 0 Å². The quantitative estimate of drug-likeness (QED) is 0.503. The van der Waals surface area contributed by atoms with Crippen molar-refractivity contribution in [3.63, 3.8) is 0 Å². The van der Waals surface area contributed by atoms with Crippen LogP contribution in [0.5, 0.6) is 11.5 Å². The number of benzene rings is 2. The molecule has 0 fully saturated rings. The van der Waals surface area contributed by atoms with Gasteiger partial charge in [-0.15, -0.1) is 5.10 Å². The van der Waals surface area contributed by atoms with Crippen molar-refractivity contribution in [2.75, 3.05) is 12.9 Å². The highest BCUT2D eigenvalue weighted by atomic mass is 35.5. The molecule has 0 radical (unpaired) electrons. The van der Waals surface area contributed by atoms with Crippen LogP contribution in [-0.2, 0) is 0 Å². The minimum Gasteiger partial charge on any atom is -0.508 e. The van der Waals surface area contributed by atoms with Crippen molar-refractivity contribution in [2.45, 2.75) is 5.16 Å². The number of hydrogen-bond donors (Lipinski definition) is 2. The number of rotatable bonds is 6. The third-order valence-electron chi connectivity index (χ3n) is 3.40. The van der Waals surface area contributed by atoms with E-state index in [0.29, 0.717) is 32.9 Å². The number of carbonyl (C=O) groups is 1. The molecule has 8 heteroatoms. The highest BCUT2D eigenvalue weighted by Crippen LogP contribution is 2.31. The lowest BCUT2D eigenvalue weighted by Gasteiger charge is -2.05. The van der Waals surface area contributed by atoms with Crippen LogP contribution in [0.1, 0.15) is 10.4 Å². The van der Waals surface area contributed by atoms with Gasteiger partial charge in [-0.2, -0.15) is 0 Å². The van der Waals surface area contributed by atoms with Gasteiger partial charge in [0.1, 0.15) is 11.5 Å². The Kier molecular flexibility index (Phi) is 5.25. The summed E-state index contributed by atoms with van der Waals surface area (Å²) in [5.74, 6) is 1.38. The van der Waals surface area contributed by atoms with E-state index in [1.807, 2.05) is 0 Å². The van der Waals surface area contributed by atoms with Gasteiger partial charge in [0.2, 0.25) is 5.16 Å². The number of aromatic amines is 1.